The average Bonchev–Trinajstić information content (AvgIpc) is 3.57. The first-order valence-electron chi connectivity index (χ1n) is 14.0. The molecular weight excluding hydrogens is 498 g/mol. The zero-order chi connectivity index (χ0) is 26.7. The second-order valence-corrected chi connectivity index (χ2v) is 16.0. The molecule has 2 fully saturated rings. The summed E-state index contributed by atoms with van der Waals surface area (Å²) in [6.45, 7) is 10.6. The van der Waals surface area contributed by atoms with E-state index in [4.69, 9.17) is 18.6 Å². The van der Waals surface area contributed by atoms with Crippen molar-refractivity contribution in [3.8, 4) is 0 Å². The molecule has 8 nitrogen and oxygen atoms in total. The van der Waals surface area contributed by atoms with Crippen LogP contribution >= 0.6 is 0 Å². The van der Waals surface area contributed by atoms with E-state index in [0.29, 0.717) is 11.3 Å². The zero-order valence-corrected chi connectivity index (χ0v) is 24.0. The molecule has 2 aliphatic heterocycles. The fourth-order valence-electron chi connectivity index (χ4n) is 6.42. The van der Waals surface area contributed by atoms with E-state index in [1.165, 1.54) is 17.5 Å². The van der Waals surface area contributed by atoms with Crippen molar-refractivity contribution in [3.05, 3.63) is 59.2 Å². The predicted octanol–water partition coefficient (Wildman–Crippen LogP) is 5.20. The largest absolute Gasteiger partial charge is 0.407 e. The van der Waals surface area contributed by atoms with Crippen LogP contribution in [-0.4, -0.2) is 52.1 Å². The van der Waals surface area contributed by atoms with Crippen molar-refractivity contribution in [2.45, 2.75) is 109 Å². The van der Waals surface area contributed by atoms with E-state index in [-0.39, 0.29) is 31.0 Å². The summed E-state index contributed by atoms with van der Waals surface area (Å²) >= 11 is 0. The van der Waals surface area contributed by atoms with Crippen molar-refractivity contribution < 1.29 is 23.7 Å². The Balaban J connectivity index is 1.43. The predicted molar refractivity (Wildman–Crippen MR) is 146 cm³/mol. The van der Waals surface area contributed by atoms with Gasteiger partial charge in [0.05, 0.1) is 18.4 Å². The fraction of sp³-hybridized carbons (Fsp3) is 0.586. The van der Waals surface area contributed by atoms with Gasteiger partial charge in [0.25, 0.3) is 0 Å². The fourth-order valence-corrected chi connectivity index (χ4v) is 9.22. The van der Waals surface area contributed by atoms with Crippen molar-refractivity contribution in [2.24, 2.45) is 0 Å². The minimum Gasteiger partial charge on any atom is -0.407 e. The number of aliphatic hydroxyl groups is 1. The molecule has 5 atom stereocenters. The van der Waals surface area contributed by atoms with E-state index in [2.05, 4.69) is 48.9 Å². The molecule has 1 N–H and O–H groups in total. The Morgan fingerprint density at radius 3 is 2.45 bits per heavy atom. The molecule has 0 bridgehead atoms. The highest BCUT2D eigenvalue weighted by Crippen LogP contribution is 2.49. The Morgan fingerprint density at radius 1 is 1.05 bits per heavy atom. The monoisotopic (exact) mass is 537 g/mol. The number of aromatic nitrogens is 3. The molecule has 1 aromatic carbocycles. The Bertz CT molecular complexity index is 1310. The van der Waals surface area contributed by atoms with Gasteiger partial charge in [-0.1, -0.05) is 39.0 Å². The van der Waals surface area contributed by atoms with Gasteiger partial charge in [-0.2, -0.15) is 0 Å². The van der Waals surface area contributed by atoms with Gasteiger partial charge in [-0.25, -0.2) is 9.97 Å². The third kappa shape index (κ3) is 4.24. The van der Waals surface area contributed by atoms with Crippen LogP contribution in [0.2, 0.25) is 18.1 Å². The first-order chi connectivity index (χ1) is 18.3. The van der Waals surface area contributed by atoms with E-state index in [1.54, 1.807) is 0 Å². The maximum absolute atomic E-state index is 9.81. The van der Waals surface area contributed by atoms with Crippen LogP contribution in [0.4, 0.5) is 0 Å². The van der Waals surface area contributed by atoms with E-state index in [0.717, 1.165) is 41.9 Å². The molecular formula is C29H39N3O5Si. The number of aryl methyl sites for hydroxylation is 2. The average molecular weight is 538 g/mol. The highest BCUT2D eigenvalue weighted by Gasteiger charge is 2.59. The van der Waals surface area contributed by atoms with Crippen LogP contribution in [0, 0.1) is 0 Å². The Morgan fingerprint density at radius 2 is 1.79 bits per heavy atom. The summed E-state index contributed by atoms with van der Waals surface area (Å²) in [5, 5.41) is 10.6. The van der Waals surface area contributed by atoms with Crippen LogP contribution < -0.4 is 0 Å². The molecule has 204 valence electrons. The van der Waals surface area contributed by atoms with Gasteiger partial charge in [0, 0.05) is 11.6 Å². The molecule has 0 unspecified atom stereocenters. The summed E-state index contributed by atoms with van der Waals surface area (Å²) < 4.78 is 29.2. The molecule has 2 saturated heterocycles. The molecule has 0 saturated carbocycles. The van der Waals surface area contributed by atoms with Crippen molar-refractivity contribution in [1.29, 1.82) is 0 Å². The van der Waals surface area contributed by atoms with Gasteiger partial charge in [0.2, 0.25) is 0 Å². The molecule has 3 aliphatic rings. The SMILES string of the molecule is CC[Si](CC)(CC)O[C@H](c1ccc2c(c1)CC2)[C@H]1O[C@@H](n2ccc3c(CO)ncnc32)[C@@H]2OC(C)(C)O[C@@H]21. The molecule has 9 heteroatoms. The van der Waals surface area contributed by atoms with Crippen LogP contribution in [0.1, 0.15) is 69.3 Å². The maximum atomic E-state index is 9.81. The van der Waals surface area contributed by atoms with Crippen LogP contribution in [-0.2, 0) is 38.1 Å². The molecule has 4 heterocycles. The third-order valence-corrected chi connectivity index (χ3v) is 13.5. The van der Waals surface area contributed by atoms with Crippen LogP contribution in [0.15, 0.2) is 36.8 Å². The molecule has 0 spiro atoms. The third-order valence-electron chi connectivity index (χ3n) is 8.91. The van der Waals surface area contributed by atoms with Crippen molar-refractivity contribution in [3.63, 3.8) is 0 Å². The lowest BCUT2D eigenvalue weighted by atomic mass is 9.85. The summed E-state index contributed by atoms with van der Waals surface area (Å²) in [5.41, 5.74) is 5.31. The number of hydrogen-bond acceptors (Lipinski definition) is 7. The lowest BCUT2D eigenvalue weighted by Crippen LogP contribution is -2.43. The van der Waals surface area contributed by atoms with Crippen molar-refractivity contribution in [2.75, 3.05) is 0 Å². The van der Waals surface area contributed by atoms with Gasteiger partial charge in [-0.05, 0) is 67.6 Å². The van der Waals surface area contributed by atoms with Crippen molar-refractivity contribution >= 4 is 19.4 Å². The summed E-state index contributed by atoms with van der Waals surface area (Å²) in [4.78, 5) is 8.78. The van der Waals surface area contributed by atoms with Gasteiger partial charge in [-0.15, -0.1) is 0 Å². The number of rotatable bonds is 9. The normalized spacial score (nSPS) is 26.8. The molecule has 2 aromatic heterocycles. The standard InChI is InChI=1S/C29H39N3O5Si/c1-6-38(7-2,8-3)37-23(20-12-10-18-9-11-19(18)15-20)24-25-26(36-29(4,5)35-25)28(34-24)32-14-13-21-22(16-33)30-17-31-27(21)32/h10,12-15,17,23-26,28,33H,6-9,11,16H2,1-5H3/t23-,24-,25-,26-,28-/m1/s1. The van der Waals surface area contributed by atoms with Crippen LogP contribution in [0.3, 0.4) is 0 Å². The second kappa shape index (κ2) is 9.80. The number of ether oxygens (including phenoxy) is 3. The minimum absolute atomic E-state index is 0.151. The first kappa shape index (κ1) is 26.1. The second-order valence-electron chi connectivity index (χ2n) is 11.3. The topological polar surface area (TPSA) is 87.9 Å². The molecule has 1 aliphatic carbocycles. The summed E-state index contributed by atoms with van der Waals surface area (Å²) in [7, 11) is -2.00. The van der Waals surface area contributed by atoms with Gasteiger partial charge in [-0.3, -0.25) is 0 Å². The number of nitrogens with zero attached hydrogens (tertiary/aromatic N) is 3. The number of aliphatic hydroxyl groups excluding tert-OH is 1. The molecule has 0 radical (unpaired) electrons. The Kier molecular flexibility index (Phi) is 6.73. The highest BCUT2D eigenvalue weighted by atomic mass is 28.4. The number of hydrogen-bond donors (Lipinski definition) is 1. The van der Waals surface area contributed by atoms with Gasteiger partial charge >= 0.3 is 0 Å². The van der Waals surface area contributed by atoms with E-state index in [1.807, 2.05) is 30.7 Å². The molecule has 38 heavy (non-hydrogen) atoms. The van der Waals surface area contributed by atoms with Gasteiger partial charge in [0.1, 0.15) is 30.3 Å². The number of benzene rings is 1. The van der Waals surface area contributed by atoms with Gasteiger partial charge < -0.3 is 28.3 Å². The highest BCUT2D eigenvalue weighted by molar-refractivity contribution is 6.73. The molecule has 3 aromatic rings. The minimum atomic E-state index is -2.00. The first-order valence-corrected chi connectivity index (χ1v) is 16.6. The lowest BCUT2D eigenvalue weighted by molar-refractivity contribution is -0.206. The quantitative estimate of drug-likeness (QED) is 0.375. The zero-order valence-electron chi connectivity index (χ0n) is 23.0. The van der Waals surface area contributed by atoms with Crippen molar-refractivity contribution in [1.82, 2.24) is 14.5 Å². The number of fused-ring (bicyclic) bond motifs is 3. The van der Waals surface area contributed by atoms with E-state index >= 15 is 0 Å². The smallest absolute Gasteiger partial charge is 0.193 e. The Hall–Kier alpha value is -2.14. The molecule has 0 amide bonds. The summed E-state index contributed by atoms with van der Waals surface area (Å²) in [6.07, 6.45) is 3.99. The Labute approximate surface area is 225 Å². The van der Waals surface area contributed by atoms with Crippen LogP contribution in [0.5, 0.6) is 0 Å². The summed E-state index contributed by atoms with van der Waals surface area (Å²) in [6, 6.07) is 11.9. The van der Waals surface area contributed by atoms with Crippen LogP contribution in [0.25, 0.3) is 11.0 Å². The molecule has 6 rings (SSSR count). The lowest BCUT2D eigenvalue weighted by Gasteiger charge is -2.38. The maximum Gasteiger partial charge on any atom is 0.193 e. The summed E-state index contributed by atoms with van der Waals surface area (Å²) in [5.74, 6) is -0.746. The van der Waals surface area contributed by atoms with E-state index < -0.39 is 20.3 Å². The van der Waals surface area contributed by atoms with E-state index in [9.17, 15) is 5.11 Å². The van der Waals surface area contributed by atoms with Gasteiger partial charge in [0.15, 0.2) is 20.3 Å².